The second-order valence-electron chi connectivity index (χ2n) is 6.68. The van der Waals surface area contributed by atoms with Gasteiger partial charge < -0.3 is 4.74 Å². The summed E-state index contributed by atoms with van der Waals surface area (Å²) in [6.07, 6.45) is 3.39. The van der Waals surface area contributed by atoms with Gasteiger partial charge >= 0.3 is 0 Å². The molecule has 0 bridgehead atoms. The van der Waals surface area contributed by atoms with E-state index in [2.05, 4.69) is 25.5 Å². The van der Waals surface area contributed by atoms with E-state index in [1.807, 2.05) is 6.92 Å². The molecule has 1 aliphatic rings. The van der Waals surface area contributed by atoms with Crippen LogP contribution in [0, 0.1) is 6.92 Å². The second kappa shape index (κ2) is 8.00. The maximum absolute atomic E-state index is 13.6. The third-order valence-electron chi connectivity index (χ3n) is 4.80. The van der Waals surface area contributed by atoms with E-state index >= 15 is 0 Å². The first kappa shape index (κ1) is 19.7. The number of halogens is 2. The van der Waals surface area contributed by atoms with Crippen LogP contribution in [0.4, 0.5) is 9.52 Å². The van der Waals surface area contributed by atoms with E-state index < -0.39 is 12.1 Å². The normalized spacial score (nSPS) is 18.2. The average Bonchev–Trinajstić information content (AvgIpc) is 3.13. The predicted molar refractivity (Wildman–Crippen MR) is 109 cm³/mol. The molecule has 1 N–H and O–H groups in total. The molecule has 1 saturated carbocycles. The molecule has 150 valence electrons. The lowest BCUT2D eigenvalue weighted by Gasteiger charge is -2.27. The lowest BCUT2D eigenvalue weighted by molar-refractivity contribution is 0.102. The SMILES string of the molecule is COc1cnc(Cl)cc1-c1cc(C)ncc1C(=O)Nc1nnc([C@H]2CC[C@H]2F)s1. The van der Waals surface area contributed by atoms with Crippen LogP contribution in [0.3, 0.4) is 0 Å². The van der Waals surface area contributed by atoms with Crippen LogP contribution >= 0.6 is 22.9 Å². The van der Waals surface area contributed by atoms with Crippen molar-refractivity contribution < 1.29 is 13.9 Å². The minimum Gasteiger partial charge on any atom is -0.494 e. The first-order valence-corrected chi connectivity index (χ1v) is 10.1. The van der Waals surface area contributed by atoms with Crippen LogP contribution < -0.4 is 10.1 Å². The van der Waals surface area contributed by atoms with Gasteiger partial charge in [-0.2, -0.15) is 0 Å². The topological polar surface area (TPSA) is 89.9 Å². The predicted octanol–water partition coefficient (Wildman–Crippen LogP) is 4.43. The summed E-state index contributed by atoms with van der Waals surface area (Å²) in [5.41, 5.74) is 2.27. The van der Waals surface area contributed by atoms with Gasteiger partial charge in [0.25, 0.3) is 5.91 Å². The van der Waals surface area contributed by atoms with Gasteiger partial charge in [-0.25, -0.2) is 9.37 Å². The highest BCUT2D eigenvalue weighted by atomic mass is 35.5. The summed E-state index contributed by atoms with van der Waals surface area (Å²) in [6, 6.07) is 3.41. The average molecular weight is 434 g/mol. The summed E-state index contributed by atoms with van der Waals surface area (Å²) < 4.78 is 19.0. The summed E-state index contributed by atoms with van der Waals surface area (Å²) >= 11 is 7.25. The Balaban J connectivity index is 1.65. The second-order valence-corrected chi connectivity index (χ2v) is 8.07. The monoisotopic (exact) mass is 433 g/mol. The number of aromatic nitrogens is 4. The van der Waals surface area contributed by atoms with Crippen LogP contribution in [0.1, 0.15) is 39.8 Å². The molecule has 1 aliphatic carbocycles. The Morgan fingerprint density at radius 1 is 1.24 bits per heavy atom. The number of methoxy groups -OCH3 is 1. The molecule has 0 aromatic carbocycles. The Hall–Kier alpha value is -2.65. The number of rotatable bonds is 5. The number of anilines is 1. The minimum absolute atomic E-state index is 0.224. The number of hydrogen-bond acceptors (Lipinski definition) is 7. The third-order valence-corrected chi connectivity index (χ3v) is 5.98. The smallest absolute Gasteiger partial charge is 0.259 e. The fourth-order valence-electron chi connectivity index (χ4n) is 3.09. The van der Waals surface area contributed by atoms with Crippen molar-refractivity contribution in [1.29, 1.82) is 0 Å². The summed E-state index contributed by atoms with van der Waals surface area (Å²) in [5, 5.41) is 11.9. The number of carbonyl (C=O) groups excluding carboxylic acids is 1. The van der Waals surface area contributed by atoms with Crippen molar-refractivity contribution in [2.24, 2.45) is 0 Å². The molecule has 0 spiro atoms. The van der Waals surface area contributed by atoms with Gasteiger partial charge in [-0.3, -0.25) is 15.1 Å². The highest BCUT2D eigenvalue weighted by molar-refractivity contribution is 7.15. The van der Waals surface area contributed by atoms with Gasteiger partial charge in [0.05, 0.1) is 18.9 Å². The summed E-state index contributed by atoms with van der Waals surface area (Å²) in [6.45, 7) is 1.82. The molecule has 0 unspecified atom stereocenters. The van der Waals surface area contributed by atoms with Gasteiger partial charge in [0, 0.05) is 28.9 Å². The van der Waals surface area contributed by atoms with Gasteiger partial charge in [0.15, 0.2) is 0 Å². The van der Waals surface area contributed by atoms with E-state index in [9.17, 15) is 9.18 Å². The van der Waals surface area contributed by atoms with Crippen molar-refractivity contribution in [3.8, 4) is 16.9 Å². The van der Waals surface area contributed by atoms with Crippen molar-refractivity contribution in [3.63, 3.8) is 0 Å². The van der Waals surface area contributed by atoms with Crippen LogP contribution in [-0.4, -0.2) is 39.4 Å². The zero-order valence-corrected chi connectivity index (χ0v) is 17.2. The zero-order valence-electron chi connectivity index (χ0n) is 15.6. The Morgan fingerprint density at radius 2 is 2.07 bits per heavy atom. The largest absolute Gasteiger partial charge is 0.494 e. The maximum atomic E-state index is 13.6. The van der Waals surface area contributed by atoms with Crippen molar-refractivity contribution in [3.05, 3.63) is 45.9 Å². The Bertz CT molecular complexity index is 1080. The van der Waals surface area contributed by atoms with Crippen LogP contribution in [0.15, 0.2) is 24.5 Å². The molecule has 1 amide bonds. The highest BCUT2D eigenvalue weighted by Crippen LogP contribution is 2.41. The van der Waals surface area contributed by atoms with Gasteiger partial charge in [-0.05, 0) is 31.9 Å². The maximum Gasteiger partial charge on any atom is 0.259 e. The standard InChI is InChI=1S/C19H17ClFN5O2S/c1-9-5-11(12-6-16(20)23-8-15(12)28-2)13(7-22-9)17(27)24-19-26-25-18(29-19)10-3-4-14(10)21/h5-8,10,14H,3-4H2,1-2H3,(H,24,26,27)/t10-,14+/m0/s1. The van der Waals surface area contributed by atoms with Gasteiger partial charge in [-0.1, -0.05) is 22.9 Å². The number of alkyl halides is 1. The molecule has 29 heavy (non-hydrogen) atoms. The molecular weight excluding hydrogens is 417 g/mol. The summed E-state index contributed by atoms with van der Waals surface area (Å²) in [7, 11) is 1.52. The molecule has 10 heteroatoms. The van der Waals surface area contributed by atoms with Crippen LogP contribution in [0.5, 0.6) is 5.75 Å². The molecule has 3 heterocycles. The van der Waals surface area contributed by atoms with Gasteiger partial charge in [0.1, 0.15) is 22.1 Å². The van der Waals surface area contributed by atoms with E-state index in [1.54, 1.807) is 12.1 Å². The molecule has 0 saturated heterocycles. The summed E-state index contributed by atoms with van der Waals surface area (Å²) in [5.74, 6) is -0.153. The number of pyridine rings is 2. The van der Waals surface area contributed by atoms with E-state index in [0.717, 1.165) is 12.1 Å². The number of nitrogens with one attached hydrogen (secondary N) is 1. The van der Waals surface area contributed by atoms with Crippen molar-refractivity contribution >= 4 is 34.0 Å². The zero-order chi connectivity index (χ0) is 20.5. The van der Waals surface area contributed by atoms with E-state index in [-0.39, 0.29) is 11.1 Å². The quantitative estimate of drug-likeness (QED) is 0.598. The van der Waals surface area contributed by atoms with Gasteiger partial charge in [0.2, 0.25) is 5.13 Å². The molecule has 2 atom stereocenters. The number of nitrogens with zero attached hydrogens (tertiary/aromatic N) is 4. The number of carbonyl (C=O) groups is 1. The van der Waals surface area contributed by atoms with Crippen molar-refractivity contribution in [2.45, 2.75) is 31.9 Å². The number of aryl methyl sites for hydroxylation is 1. The van der Waals surface area contributed by atoms with E-state index in [1.165, 1.54) is 30.8 Å². The number of hydrogen-bond donors (Lipinski definition) is 1. The van der Waals surface area contributed by atoms with Crippen LogP contribution in [0.2, 0.25) is 5.15 Å². The van der Waals surface area contributed by atoms with Gasteiger partial charge in [-0.15, -0.1) is 10.2 Å². The summed E-state index contributed by atoms with van der Waals surface area (Å²) in [4.78, 5) is 21.2. The fourth-order valence-corrected chi connectivity index (χ4v) is 4.17. The fraction of sp³-hybridized carbons (Fsp3) is 0.316. The lowest BCUT2D eigenvalue weighted by atomic mass is 9.84. The Morgan fingerprint density at radius 3 is 2.76 bits per heavy atom. The van der Waals surface area contributed by atoms with E-state index in [0.29, 0.717) is 39.0 Å². The molecule has 3 aromatic heterocycles. The first-order chi connectivity index (χ1) is 14.0. The molecule has 3 aromatic rings. The lowest BCUT2D eigenvalue weighted by Crippen LogP contribution is -2.24. The first-order valence-electron chi connectivity index (χ1n) is 8.91. The van der Waals surface area contributed by atoms with E-state index in [4.69, 9.17) is 16.3 Å². The van der Waals surface area contributed by atoms with Crippen molar-refractivity contribution in [1.82, 2.24) is 20.2 Å². The molecule has 0 radical (unpaired) electrons. The third kappa shape index (κ3) is 3.92. The van der Waals surface area contributed by atoms with Crippen LogP contribution in [0.25, 0.3) is 11.1 Å². The number of ether oxygens (including phenoxy) is 1. The molecular formula is C19H17ClFN5O2S. The molecule has 1 fully saturated rings. The Kier molecular flexibility index (Phi) is 5.42. The number of amides is 1. The minimum atomic E-state index is -0.886. The molecule has 7 nitrogen and oxygen atoms in total. The molecule has 4 rings (SSSR count). The highest BCUT2D eigenvalue weighted by Gasteiger charge is 2.35. The Labute approximate surface area is 175 Å². The van der Waals surface area contributed by atoms with Crippen molar-refractivity contribution in [2.75, 3.05) is 12.4 Å². The van der Waals surface area contributed by atoms with Crippen LogP contribution in [-0.2, 0) is 0 Å². The molecule has 0 aliphatic heterocycles.